The number of nitrogens with zero attached hydrogens (tertiary/aromatic N) is 1. The van der Waals surface area contributed by atoms with E-state index in [1.807, 2.05) is 0 Å². The van der Waals surface area contributed by atoms with Crippen molar-refractivity contribution in [3.8, 4) is 0 Å². The third kappa shape index (κ3) is 3.28. The Balaban J connectivity index is 1.85. The van der Waals surface area contributed by atoms with Gasteiger partial charge < -0.3 is 5.11 Å². The topological polar surface area (TPSA) is 79.3 Å². The van der Waals surface area contributed by atoms with Crippen LogP contribution in [0.15, 0.2) is 65.8 Å². The maximum atomic E-state index is 13.6. The number of aromatic nitrogens is 1. The Morgan fingerprint density at radius 1 is 1.12 bits per heavy atom. The average Bonchev–Trinajstić information content (AvgIpc) is 2.59. The number of hydrogen-bond acceptors (Lipinski definition) is 4. The summed E-state index contributed by atoms with van der Waals surface area (Å²) < 4.78 is 41.0. The van der Waals surface area contributed by atoms with Crippen LogP contribution in [0, 0.1) is 5.82 Å². The zero-order chi connectivity index (χ0) is 17.2. The van der Waals surface area contributed by atoms with Crippen LogP contribution >= 0.6 is 0 Å². The Morgan fingerprint density at radius 2 is 1.92 bits per heavy atom. The third-order valence-corrected chi connectivity index (χ3v) is 5.14. The lowest BCUT2D eigenvalue weighted by atomic mass is 10.1. The van der Waals surface area contributed by atoms with Gasteiger partial charge in [-0.3, -0.25) is 4.98 Å². The van der Waals surface area contributed by atoms with Crippen LogP contribution in [-0.2, 0) is 10.0 Å². The number of pyridine rings is 1. The first-order valence-electron chi connectivity index (χ1n) is 7.24. The maximum Gasteiger partial charge on any atom is 0.241 e. The molecule has 24 heavy (non-hydrogen) atoms. The molecular formula is C17H15FN2O3S. The van der Waals surface area contributed by atoms with E-state index in [0.717, 1.165) is 0 Å². The summed E-state index contributed by atoms with van der Waals surface area (Å²) in [5.74, 6) is -0.583. The molecule has 0 radical (unpaired) electrons. The molecule has 2 N–H and O–H groups in total. The predicted octanol–water partition coefficient (Wildman–Crippen LogP) is 2.39. The molecule has 1 aromatic heterocycles. The molecule has 0 saturated heterocycles. The summed E-state index contributed by atoms with van der Waals surface area (Å²) in [4.78, 5) is 4.05. The molecule has 1 atom stereocenters. The van der Waals surface area contributed by atoms with Gasteiger partial charge in [-0.25, -0.2) is 17.5 Å². The van der Waals surface area contributed by atoms with E-state index in [1.165, 1.54) is 30.5 Å². The van der Waals surface area contributed by atoms with Gasteiger partial charge in [-0.2, -0.15) is 0 Å². The lowest BCUT2D eigenvalue weighted by molar-refractivity contribution is 0.177. The fourth-order valence-corrected chi connectivity index (χ4v) is 3.71. The molecule has 5 nitrogen and oxygen atoms in total. The number of hydrogen-bond donors (Lipinski definition) is 2. The van der Waals surface area contributed by atoms with E-state index in [2.05, 4.69) is 9.71 Å². The van der Waals surface area contributed by atoms with Gasteiger partial charge in [0.15, 0.2) is 0 Å². The summed E-state index contributed by atoms with van der Waals surface area (Å²) in [7, 11) is -3.86. The van der Waals surface area contributed by atoms with E-state index >= 15 is 0 Å². The van der Waals surface area contributed by atoms with Crippen LogP contribution in [0.5, 0.6) is 0 Å². The fraction of sp³-hybridized carbons (Fsp3) is 0.118. The molecule has 0 saturated carbocycles. The minimum Gasteiger partial charge on any atom is -0.387 e. The normalized spacial score (nSPS) is 13.1. The molecule has 2 aromatic carbocycles. The molecule has 0 aliphatic carbocycles. The molecule has 0 spiro atoms. The molecular weight excluding hydrogens is 331 g/mol. The fourth-order valence-electron chi connectivity index (χ4n) is 2.45. The van der Waals surface area contributed by atoms with Gasteiger partial charge in [-0.05, 0) is 18.2 Å². The van der Waals surface area contributed by atoms with E-state index in [0.29, 0.717) is 10.8 Å². The Hall–Kier alpha value is -2.35. The minimum atomic E-state index is -3.86. The van der Waals surface area contributed by atoms with E-state index in [-0.39, 0.29) is 17.0 Å². The zero-order valence-electron chi connectivity index (χ0n) is 12.6. The van der Waals surface area contributed by atoms with Crippen molar-refractivity contribution in [3.63, 3.8) is 0 Å². The maximum absolute atomic E-state index is 13.6. The van der Waals surface area contributed by atoms with Gasteiger partial charge in [0.25, 0.3) is 0 Å². The van der Waals surface area contributed by atoms with Gasteiger partial charge in [0.1, 0.15) is 5.82 Å². The highest BCUT2D eigenvalue weighted by molar-refractivity contribution is 7.89. The Labute approximate surface area is 138 Å². The van der Waals surface area contributed by atoms with Crippen LogP contribution in [0.3, 0.4) is 0 Å². The zero-order valence-corrected chi connectivity index (χ0v) is 13.4. The quantitative estimate of drug-likeness (QED) is 0.743. The van der Waals surface area contributed by atoms with Crippen LogP contribution in [0.1, 0.15) is 11.7 Å². The summed E-state index contributed by atoms with van der Waals surface area (Å²) in [6.45, 7) is -0.329. The Morgan fingerprint density at radius 3 is 2.71 bits per heavy atom. The molecule has 0 amide bonds. The van der Waals surface area contributed by atoms with E-state index in [1.54, 1.807) is 30.5 Å². The second kappa shape index (κ2) is 6.64. The Bertz CT molecular complexity index is 971. The number of aliphatic hydroxyl groups is 1. The van der Waals surface area contributed by atoms with E-state index in [9.17, 15) is 17.9 Å². The van der Waals surface area contributed by atoms with Gasteiger partial charge >= 0.3 is 0 Å². The second-order valence-corrected chi connectivity index (χ2v) is 6.98. The molecule has 3 aromatic rings. The number of nitrogens with one attached hydrogen (secondary N) is 1. The summed E-state index contributed by atoms with van der Waals surface area (Å²) in [5.41, 5.74) is 0.0438. The van der Waals surface area contributed by atoms with Gasteiger partial charge in [-0.15, -0.1) is 0 Å². The highest BCUT2D eigenvalue weighted by Gasteiger charge is 2.20. The lowest BCUT2D eigenvalue weighted by Crippen LogP contribution is -2.29. The first-order chi connectivity index (χ1) is 11.5. The number of sulfonamides is 1. The largest absolute Gasteiger partial charge is 0.387 e. The number of benzene rings is 2. The number of fused-ring (bicyclic) bond motifs is 1. The average molecular weight is 346 g/mol. The van der Waals surface area contributed by atoms with Crippen molar-refractivity contribution >= 4 is 20.8 Å². The smallest absolute Gasteiger partial charge is 0.241 e. The van der Waals surface area contributed by atoms with Crippen LogP contribution < -0.4 is 4.72 Å². The molecule has 124 valence electrons. The van der Waals surface area contributed by atoms with Gasteiger partial charge in [0, 0.05) is 35.3 Å². The number of aliphatic hydroxyl groups excluding tert-OH is 1. The summed E-state index contributed by atoms with van der Waals surface area (Å²) in [6, 6.07) is 12.2. The van der Waals surface area contributed by atoms with E-state index in [4.69, 9.17) is 0 Å². The molecule has 0 aliphatic heterocycles. The summed E-state index contributed by atoms with van der Waals surface area (Å²) >= 11 is 0. The molecule has 0 unspecified atom stereocenters. The van der Waals surface area contributed by atoms with Crippen molar-refractivity contribution in [3.05, 3.63) is 72.3 Å². The van der Waals surface area contributed by atoms with E-state index < -0.39 is 21.9 Å². The van der Waals surface area contributed by atoms with Gasteiger partial charge in [0.2, 0.25) is 10.0 Å². The minimum absolute atomic E-state index is 0.0438. The molecule has 0 fully saturated rings. The monoisotopic (exact) mass is 346 g/mol. The van der Waals surface area contributed by atoms with Crippen molar-refractivity contribution in [1.29, 1.82) is 0 Å². The number of halogens is 1. The Kier molecular flexibility index (Phi) is 4.57. The standard InChI is InChI=1S/C17H15FN2O3S/c18-15-6-2-1-5-14(15)16(21)11-20-24(22,23)17-7-3-4-12-10-19-9-8-13(12)17/h1-10,16,20-21H,11H2/t16-/m0/s1. The second-order valence-electron chi connectivity index (χ2n) is 5.24. The van der Waals surface area contributed by atoms with Crippen molar-refractivity contribution < 1.29 is 17.9 Å². The predicted molar refractivity (Wildman–Crippen MR) is 88.3 cm³/mol. The highest BCUT2D eigenvalue weighted by atomic mass is 32.2. The van der Waals surface area contributed by atoms with Gasteiger partial charge in [0.05, 0.1) is 11.0 Å². The number of rotatable bonds is 5. The molecule has 7 heteroatoms. The highest BCUT2D eigenvalue weighted by Crippen LogP contribution is 2.22. The molecule has 1 heterocycles. The lowest BCUT2D eigenvalue weighted by Gasteiger charge is -2.14. The van der Waals surface area contributed by atoms with Crippen molar-refractivity contribution in [2.45, 2.75) is 11.0 Å². The van der Waals surface area contributed by atoms with Crippen molar-refractivity contribution in [2.24, 2.45) is 0 Å². The van der Waals surface area contributed by atoms with Crippen LogP contribution in [0.4, 0.5) is 4.39 Å². The van der Waals surface area contributed by atoms with Crippen LogP contribution in [0.25, 0.3) is 10.8 Å². The molecule has 0 bridgehead atoms. The summed E-state index contributed by atoms with van der Waals surface area (Å²) in [5, 5.41) is 11.3. The SMILES string of the molecule is O=S(=O)(NC[C@H](O)c1ccccc1F)c1cccc2cnccc12. The first-order valence-corrected chi connectivity index (χ1v) is 8.72. The first kappa shape index (κ1) is 16.5. The molecule has 0 aliphatic rings. The third-order valence-electron chi connectivity index (χ3n) is 3.66. The molecule has 3 rings (SSSR count). The van der Waals surface area contributed by atoms with Crippen LogP contribution in [-0.4, -0.2) is 25.1 Å². The summed E-state index contributed by atoms with van der Waals surface area (Å²) in [6.07, 6.45) is 1.80. The van der Waals surface area contributed by atoms with Gasteiger partial charge in [-0.1, -0.05) is 30.3 Å². The van der Waals surface area contributed by atoms with Crippen molar-refractivity contribution in [2.75, 3.05) is 6.54 Å². The van der Waals surface area contributed by atoms with Crippen molar-refractivity contribution in [1.82, 2.24) is 9.71 Å². The van der Waals surface area contributed by atoms with Crippen LogP contribution in [0.2, 0.25) is 0 Å².